The third-order valence-corrected chi connectivity index (χ3v) is 5.26. The molecule has 144 valence electrons. The van der Waals surface area contributed by atoms with Crippen molar-refractivity contribution in [3.8, 4) is 0 Å². The molecule has 3 rings (SSSR count). The lowest BCUT2D eigenvalue weighted by Crippen LogP contribution is -2.47. The van der Waals surface area contributed by atoms with Gasteiger partial charge in [0, 0.05) is 57.2 Å². The number of nitrogens with two attached hydrogens (primary N) is 1. The molecule has 0 atom stereocenters. The van der Waals surface area contributed by atoms with Crippen LogP contribution in [0, 0.1) is 0 Å². The average molecular weight is 390 g/mol. The van der Waals surface area contributed by atoms with Gasteiger partial charge in [0.05, 0.1) is 11.1 Å². The van der Waals surface area contributed by atoms with Gasteiger partial charge >= 0.3 is 0 Å². The smallest absolute Gasteiger partial charge is 0.238 e. The van der Waals surface area contributed by atoms with Crippen LogP contribution in [0.15, 0.2) is 47.8 Å². The molecule has 1 aromatic heterocycles. The molecule has 0 bridgehead atoms. The van der Waals surface area contributed by atoms with Crippen LogP contribution in [-0.4, -0.2) is 61.9 Å². The van der Waals surface area contributed by atoms with E-state index in [1.54, 1.807) is 30.7 Å². The second-order valence-electron chi connectivity index (χ2n) is 6.26. The van der Waals surface area contributed by atoms with Gasteiger partial charge in [0.2, 0.25) is 15.9 Å². The molecule has 0 unspecified atom stereocenters. The second kappa shape index (κ2) is 8.42. The third kappa shape index (κ3) is 5.46. The number of rotatable bonds is 6. The summed E-state index contributed by atoms with van der Waals surface area (Å²) in [6, 6.07) is 5.92. The molecular weight excluding hydrogens is 368 g/mol. The molecule has 27 heavy (non-hydrogen) atoms. The Bertz CT molecular complexity index is 883. The highest BCUT2D eigenvalue weighted by molar-refractivity contribution is 7.89. The lowest BCUT2D eigenvalue weighted by molar-refractivity contribution is -0.116. The summed E-state index contributed by atoms with van der Waals surface area (Å²) >= 11 is 0. The van der Waals surface area contributed by atoms with Crippen molar-refractivity contribution < 1.29 is 13.2 Å². The van der Waals surface area contributed by atoms with Crippen molar-refractivity contribution in [3.05, 3.63) is 42.9 Å². The number of piperazine rings is 1. The summed E-state index contributed by atoms with van der Waals surface area (Å²) in [7, 11) is -3.79. The van der Waals surface area contributed by atoms with Crippen LogP contribution in [0.1, 0.15) is 6.42 Å². The van der Waals surface area contributed by atoms with Crippen molar-refractivity contribution in [1.82, 2.24) is 14.9 Å². The fourth-order valence-electron chi connectivity index (χ4n) is 2.89. The van der Waals surface area contributed by atoms with Gasteiger partial charge in [-0.1, -0.05) is 6.07 Å². The SMILES string of the molecule is NS(=O)(=O)c1cccc(NC(=O)CCN2CCN(c3cnccn3)CC2)c1. The highest BCUT2D eigenvalue weighted by Gasteiger charge is 2.18. The predicted molar refractivity (Wildman–Crippen MR) is 102 cm³/mol. The van der Waals surface area contributed by atoms with Crippen LogP contribution in [-0.2, 0) is 14.8 Å². The Morgan fingerprint density at radius 3 is 2.63 bits per heavy atom. The molecule has 1 aromatic carbocycles. The molecule has 1 saturated heterocycles. The average Bonchev–Trinajstić information content (AvgIpc) is 2.67. The summed E-state index contributed by atoms with van der Waals surface area (Å²) in [5.74, 6) is 0.697. The monoisotopic (exact) mass is 390 g/mol. The van der Waals surface area contributed by atoms with E-state index in [4.69, 9.17) is 5.14 Å². The van der Waals surface area contributed by atoms with Crippen molar-refractivity contribution in [1.29, 1.82) is 0 Å². The topological polar surface area (TPSA) is 122 Å². The molecule has 1 amide bonds. The van der Waals surface area contributed by atoms with Crippen LogP contribution in [0.2, 0.25) is 0 Å². The molecule has 1 aliphatic heterocycles. The first-order chi connectivity index (χ1) is 12.9. The van der Waals surface area contributed by atoms with Crippen LogP contribution < -0.4 is 15.4 Å². The minimum atomic E-state index is -3.79. The number of carbonyl (C=O) groups excluding carboxylic acids is 1. The fourth-order valence-corrected chi connectivity index (χ4v) is 3.45. The molecule has 1 fully saturated rings. The Kier molecular flexibility index (Phi) is 5.99. The zero-order valence-electron chi connectivity index (χ0n) is 14.8. The van der Waals surface area contributed by atoms with E-state index in [0.717, 1.165) is 32.0 Å². The highest BCUT2D eigenvalue weighted by Crippen LogP contribution is 2.15. The molecule has 0 radical (unpaired) electrons. The number of primary sulfonamides is 1. The molecular formula is C17H22N6O3S. The predicted octanol–water partition coefficient (Wildman–Crippen LogP) is 0.275. The van der Waals surface area contributed by atoms with Gasteiger partial charge in [-0.15, -0.1) is 0 Å². The fraction of sp³-hybridized carbons (Fsp3) is 0.353. The number of carbonyl (C=O) groups is 1. The number of nitrogens with one attached hydrogen (secondary N) is 1. The lowest BCUT2D eigenvalue weighted by atomic mass is 10.2. The van der Waals surface area contributed by atoms with Gasteiger partial charge in [0.25, 0.3) is 0 Å². The first-order valence-corrected chi connectivity index (χ1v) is 10.1. The summed E-state index contributed by atoms with van der Waals surface area (Å²) in [4.78, 5) is 24.9. The van der Waals surface area contributed by atoms with Gasteiger partial charge in [0.1, 0.15) is 5.82 Å². The van der Waals surface area contributed by atoms with Crippen molar-refractivity contribution in [2.75, 3.05) is 42.9 Å². The molecule has 10 heteroatoms. The number of nitrogens with zero attached hydrogens (tertiary/aromatic N) is 4. The lowest BCUT2D eigenvalue weighted by Gasteiger charge is -2.35. The first kappa shape index (κ1) is 19.2. The van der Waals surface area contributed by atoms with Crippen LogP contribution in [0.4, 0.5) is 11.5 Å². The number of amides is 1. The zero-order valence-corrected chi connectivity index (χ0v) is 15.6. The number of hydrogen-bond acceptors (Lipinski definition) is 7. The molecule has 0 aliphatic carbocycles. The minimum absolute atomic E-state index is 0.0274. The number of aromatic nitrogens is 2. The van der Waals surface area contributed by atoms with Crippen molar-refractivity contribution >= 4 is 27.4 Å². The number of sulfonamides is 1. The summed E-state index contributed by atoms with van der Waals surface area (Å²) in [5, 5.41) is 7.82. The van der Waals surface area contributed by atoms with Crippen molar-refractivity contribution in [3.63, 3.8) is 0 Å². The second-order valence-corrected chi connectivity index (χ2v) is 7.82. The van der Waals surface area contributed by atoms with E-state index in [-0.39, 0.29) is 10.8 Å². The number of hydrogen-bond donors (Lipinski definition) is 2. The van der Waals surface area contributed by atoms with E-state index in [9.17, 15) is 13.2 Å². The van der Waals surface area contributed by atoms with E-state index >= 15 is 0 Å². The Morgan fingerprint density at radius 1 is 1.19 bits per heavy atom. The van der Waals surface area contributed by atoms with Crippen molar-refractivity contribution in [2.24, 2.45) is 5.14 Å². The van der Waals surface area contributed by atoms with Crippen LogP contribution in [0.5, 0.6) is 0 Å². The largest absolute Gasteiger partial charge is 0.353 e. The molecule has 2 aromatic rings. The van der Waals surface area contributed by atoms with E-state index in [2.05, 4.69) is 25.1 Å². The minimum Gasteiger partial charge on any atom is -0.353 e. The molecule has 1 aliphatic rings. The van der Waals surface area contributed by atoms with E-state index in [1.165, 1.54) is 12.1 Å². The Hall–Kier alpha value is -2.56. The van der Waals surface area contributed by atoms with Gasteiger partial charge in [0.15, 0.2) is 0 Å². The maximum atomic E-state index is 12.2. The normalized spacial score (nSPS) is 15.5. The van der Waals surface area contributed by atoms with Crippen LogP contribution >= 0.6 is 0 Å². The van der Waals surface area contributed by atoms with Crippen LogP contribution in [0.25, 0.3) is 0 Å². The molecule has 0 spiro atoms. The van der Waals surface area contributed by atoms with Gasteiger partial charge in [-0.2, -0.15) is 0 Å². The summed E-state index contributed by atoms with van der Waals surface area (Å²) in [5.41, 5.74) is 0.416. The Balaban J connectivity index is 1.45. The Labute approximate surface area is 158 Å². The number of anilines is 2. The van der Waals surface area contributed by atoms with Gasteiger partial charge in [-0.3, -0.25) is 14.7 Å². The molecule has 3 N–H and O–H groups in total. The number of benzene rings is 1. The van der Waals surface area contributed by atoms with E-state index < -0.39 is 10.0 Å². The maximum absolute atomic E-state index is 12.2. The standard InChI is InChI=1S/C17H22N6O3S/c18-27(25,26)15-3-1-2-14(12-15)21-17(24)4-7-22-8-10-23(11-9-22)16-13-19-5-6-20-16/h1-3,5-6,12-13H,4,7-11H2,(H,21,24)(H2,18,25,26). The van der Waals surface area contributed by atoms with Gasteiger partial charge in [-0.05, 0) is 18.2 Å². The molecule has 0 saturated carbocycles. The van der Waals surface area contributed by atoms with Gasteiger partial charge < -0.3 is 10.2 Å². The van der Waals surface area contributed by atoms with E-state index in [1.807, 2.05) is 0 Å². The summed E-state index contributed by atoms with van der Waals surface area (Å²) in [6.07, 6.45) is 5.40. The zero-order chi connectivity index (χ0) is 19.3. The molecule has 2 heterocycles. The highest BCUT2D eigenvalue weighted by atomic mass is 32.2. The van der Waals surface area contributed by atoms with Crippen molar-refractivity contribution in [2.45, 2.75) is 11.3 Å². The quantitative estimate of drug-likeness (QED) is 0.726. The first-order valence-electron chi connectivity index (χ1n) is 8.58. The third-order valence-electron chi connectivity index (χ3n) is 4.35. The van der Waals surface area contributed by atoms with Gasteiger partial charge in [-0.25, -0.2) is 18.5 Å². The summed E-state index contributed by atoms with van der Waals surface area (Å²) in [6.45, 7) is 3.97. The Morgan fingerprint density at radius 2 is 1.96 bits per heavy atom. The maximum Gasteiger partial charge on any atom is 0.238 e. The van der Waals surface area contributed by atoms with Crippen LogP contribution in [0.3, 0.4) is 0 Å². The van der Waals surface area contributed by atoms with E-state index in [0.29, 0.717) is 18.7 Å². The summed E-state index contributed by atoms with van der Waals surface area (Å²) < 4.78 is 22.8. The molecule has 9 nitrogen and oxygen atoms in total.